The van der Waals surface area contributed by atoms with Gasteiger partial charge in [0.2, 0.25) is 0 Å². The number of aromatic nitrogens is 1. The Balaban J connectivity index is 2.27. The molecule has 130 valence electrons. The first kappa shape index (κ1) is 19.0. The Kier molecular flexibility index (Phi) is 7.60. The highest BCUT2D eigenvalue weighted by atomic mass is 19.4. The molecule has 1 rings (SSSR count). The molecule has 1 aromatic rings. The third-order valence-electron chi connectivity index (χ3n) is 2.82. The fourth-order valence-corrected chi connectivity index (χ4v) is 1.75. The van der Waals surface area contributed by atoms with Crippen LogP contribution < -0.4 is 16.4 Å². The van der Waals surface area contributed by atoms with Gasteiger partial charge in [0.15, 0.2) is 5.96 Å². The summed E-state index contributed by atoms with van der Waals surface area (Å²) in [5, 5.41) is 5.90. The molecule has 6 nitrogen and oxygen atoms in total. The van der Waals surface area contributed by atoms with Crippen LogP contribution in [0.15, 0.2) is 23.3 Å². The Morgan fingerprint density at radius 3 is 2.74 bits per heavy atom. The highest BCUT2D eigenvalue weighted by Crippen LogP contribution is 2.28. The Labute approximate surface area is 133 Å². The molecular formula is C14H22F3N5O. The SMILES string of the molecule is COCC(C)NC(N)=NCCCNc1ccc(C(F)(F)F)cn1. The minimum atomic E-state index is -4.37. The molecule has 0 aliphatic carbocycles. The molecule has 1 heterocycles. The normalized spacial score (nSPS) is 13.7. The molecule has 0 spiro atoms. The Morgan fingerprint density at radius 2 is 2.17 bits per heavy atom. The van der Waals surface area contributed by atoms with Gasteiger partial charge in [-0.3, -0.25) is 4.99 Å². The van der Waals surface area contributed by atoms with E-state index in [1.807, 2.05) is 6.92 Å². The topological polar surface area (TPSA) is 84.6 Å². The summed E-state index contributed by atoms with van der Waals surface area (Å²) in [6.07, 6.45) is -2.89. The third kappa shape index (κ3) is 7.68. The largest absolute Gasteiger partial charge is 0.417 e. The third-order valence-corrected chi connectivity index (χ3v) is 2.82. The van der Waals surface area contributed by atoms with Crippen molar-refractivity contribution in [1.29, 1.82) is 0 Å². The quantitative estimate of drug-likeness (QED) is 0.384. The van der Waals surface area contributed by atoms with E-state index in [4.69, 9.17) is 10.5 Å². The van der Waals surface area contributed by atoms with E-state index >= 15 is 0 Å². The van der Waals surface area contributed by atoms with Gasteiger partial charge in [0.1, 0.15) is 5.82 Å². The van der Waals surface area contributed by atoms with Crippen molar-refractivity contribution in [3.8, 4) is 0 Å². The number of guanidine groups is 1. The standard InChI is InChI=1S/C14H22F3N5O/c1-10(9-23-2)22-13(18)20-7-3-6-19-12-5-4-11(8-21-12)14(15,16)17/h4-5,8,10H,3,6-7,9H2,1-2H3,(H,19,21)(H3,18,20,22). The Hall–Kier alpha value is -2.03. The van der Waals surface area contributed by atoms with Gasteiger partial charge in [-0.1, -0.05) is 0 Å². The number of halogens is 3. The monoisotopic (exact) mass is 333 g/mol. The fraction of sp³-hybridized carbons (Fsp3) is 0.571. The van der Waals surface area contributed by atoms with E-state index in [1.165, 1.54) is 6.07 Å². The number of rotatable bonds is 8. The van der Waals surface area contributed by atoms with Crippen LogP contribution in [-0.4, -0.2) is 43.8 Å². The second-order valence-corrected chi connectivity index (χ2v) is 4.98. The lowest BCUT2D eigenvalue weighted by Gasteiger charge is -2.13. The summed E-state index contributed by atoms with van der Waals surface area (Å²) >= 11 is 0. The van der Waals surface area contributed by atoms with Crippen LogP contribution in [0.1, 0.15) is 18.9 Å². The maximum atomic E-state index is 12.4. The Morgan fingerprint density at radius 1 is 1.43 bits per heavy atom. The zero-order valence-electron chi connectivity index (χ0n) is 13.2. The molecule has 0 bridgehead atoms. The number of alkyl halides is 3. The minimum absolute atomic E-state index is 0.0678. The molecule has 0 fully saturated rings. The molecule has 0 saturated heterocycles. The van der Waals surface area contributed by atoms with Crippen molar-refractivity contribution in [3.05, 3.63) is 23.9 Å². The van der Waals surface area contributed by atoms with Crippen LogP contribution in [0.4, 0.5) is 19.0 Å². The number of nitrogens with two attached hydrogens (primary N) is 1. The first-order chi connectivity index (χ1) is 10.8. The molecule has 0 saturated carbocycles. The lowest BCUT2D eigenvalue weighted by Crippen LogP contribution is -2.40. The number of hydrogen-bond acceptors (Lipinski definition) is 4. The van der Waals surface area contributed by atoms with E-state index in [0.29, 0.717) is 37.9 Å². The molecular weight excluding hydrogens is 311 g/mol. The molecule has 0 aromatic carbocycles. The molecule has 0 aliphatic heterocycles. The van der Waals surface area contributed by atoms with Crippen LogP contribution in [0.5, 0.6) is 0 Å². The predicted molar refractivity (Wildman–Crippen MR) is 83.3 cm³/mol. The van der Waals surface area contributed by atoms with Crippen molar-refractivity contribution in [2.24, 2.45) is 10.7 Å². The van der Waals surface area contributed by atoms with Gasteiger partial charge in [0, 0.05) is 32.4 Å². The molecule has 4 N–H and O–H groups in total. The number of pyridine rings is 1. The predicted octanol–water partition coefficient (Wildman–Crippen LogP) is 1.84. The van der Waals surface area contributed by atoms with Crippen molar-refractivity contribution >= 4 is 11.8 Å². The zero-order valence-corrected chi connectivity index (χ0v) is 13.2. The smallest absolute Gasteiger partial charge is 0.383 e. The minimum Gasteiger partial charge on any atom is -0.383 e. The van der Waals surface area contributed by atoms with Crippen LogP contribution in [0.3, 0.4) is 0 Å². The number of methoxy groups -OCH3 is 1. The summed E-state index contributed by atoms with van der Waals surface area (Å²) in [4.78, 5) is 7.86. The molecule has 0 aliphatic rings. The summed E-state index contributed by atoms with van der Waals surface area (Å²) in [7, 11) is 1.60. The van der Waals surface area contributed by atoms with E-state index in [1.54, 1.807) is 7.11 Å². The number of anilines is 1. The van der Waals surface area contributed by atoms with Crippen LogP contribution in [-0.2, 0) is 10.9 Å². The van der Waals surface area contributed by atoms with Crippen molar-refractivity contribution in [2.45, 2.75) is 25.6 Å². The van der Waals surface area contributed by atoms with Gasteiger partial charge in [-0.05, 0) is 25.5 Å². The molecule has 1 atom stereocenters. The van der Waals surface area contributed by atoms with E-state index < -0.39 is 11.7 Å². The molecule has 23 heavy (non-hydrogen) atoms. The van der Waals surface area contributed by atoms with Crippen molar-refractivity contribution in [3.63, 3.8) is 0 Å². The van der Waals surface area contributed by atoms with E-state index in [-0.39, 0.29) is 6.04 Å². The number of hydrogen-bond donors (Lipinski definition) is 3. The first-order valence-corrected chi connectivity index (χ1v) is 7.15. The van der Waals surface area contributed by atoms with Crippen LogP contribution in [0, 0.1) is 0 Å². The molecule has 0 radical (unpaired) electrons. The average molecular weight is 333 g/mol. The van der Waals surface area contributed by atoms with E-state index in [0.717, 1.165) is 12.3 Å². The lowest BCUT2D eigenvalue weighted by atomic mass is 10.3. The van der Waals surface area contributed by atoms with E-state index in [9.17, 15) is 13.2 Å². The van der Waals surface area contributed by atoms with Gasteiger partial charge < -0.3 is 21.1 Å². The fourth-order valence-electron chi connectivity index (χ4n) is 1.75. The van der Waals surface area contributed by atoms with Gasteiger partial charge in [0.25, 0.3) is 0 Å². The van der Waals surface area contributed by atoms with Crippen LogP contribution in [0.25, 0.3) is 0 Å². The summed E-state index contributed by atoms with van der Waals surface area (Å²) in [6, 6.07) is 2.36. The van der Waals surface area contributed by atoms with E-state index in [2.05, 4.69) is 20.6 Å². The van der Waals surface area contributed by atoms with Gasteiger partial charge >= 0.3 is 6.18 Å². The van der Waals surface area contributed by atoms with Crippen molar-refractivity contribution in [1.82, 2.24) is 10.3 Å². The summed E-state index contributed by atoms with van der Waals surface area (Å²) in [5.41, 5.74) is 4.93. The van der Waals surface area contributed by atoms with Gasteiger partial charge in [0.05, 0.1) is 12.2 Å². The van der Waals surface area contributed by atoms with Crippen LogP contribution >= 0.6 is 0 Å². The maximum absolute atomic E-state index is 12.4. The van der Waals surface area contributed by atoms with Crippen molar-refractivity contribution < 1.29 is 17.9 Å². The molecule has 0 amide bonds. The number of ether oxygens (including phenoxy) is 1. The summed E-state index contributed by atoms with van der Waals surface area (Å²) < 4.78 is 42.1. The van der Waals surface area contributed by atoms with Crippen LogP contribution in [0.2, 0.25) is 0 Å². The maximum Gasteiger partial charge on any atom is 0.417 e. The lowest BCUT2D eigenvalue weighted by molar-refractivity contribution is -0.137. The number of aliphatic imine (C=N–C) groups is 1. The average Bonchev–Trinajstić information content (AvgIpc) is 2.46. The number of nitrogens with zero attached hydrogens (tertiary/aromatic N) is 2. The number of nitrogens with one attached hydrogen (secondary N) is 2. The zero-order chi connectivity index (χ0) is 17.3. The van der Waals surface area contributed by atoms with Gasteiger partial charge in [-0.25, -0.2) is 4.98 Å². The second-order valence-electron chi connectivity index (χ2n) is 4.98. The highest BCUT2D eigenvalue weighted by molar-refractivity contribution is 5.78. The molecule has 1 aromatic heterocycles. The van der Waals surface area contributed by atoms with Crippen molar-refractivity contribution in [2.75, 3.05) is 32.1 Å². The van der Waals surface area contributed by atoms with Gasteiger partial charge in [-0.2, -0.15) is 13.2 Å². The first-order valence-electron chi connectivity index (χ1n) is 7.15. The highest BCUT2D eigenvalue weighted by Gasteiger charge is 2.30. The molecule has 9 heteroatoms. The second kappa shape index (κ2) is 9.19. The summed E-state index contributed by atoms with van der Waals surface area (Å²) in [6.45, 7) is 3.47. The Bertz CT molecular complexity index is 490. The molecule has 1 unspecified atom stereocenters. The van der Waals surface area contributed by atoms with Gasteiger partial charge in [-0.15, -0.1) is 0 Å². The summed E-state index contributed by atoms with van der Waals surface area (Å²) in [5.74, 6) is 0.726.